The quantitative estimate of drug-likeness (QED) is 0.699. The van der Waals surface area contributed by atoms with Crippen LogP contribution in [0.15, 0.2) is 0 Å². The minimum atomic E-state index is -1.06. The zero-order chi connectivity index (χ0) is 9.19. The Balaban J connectivity index is 0.00000144. The zero-order valence-electron chi connectivity index (χ0n) is 7.59. The van der Waals surface area contributed by atoms with Crippen LogP contribution in [-0.2, 0) is 9.53 Å². The molecule has 0 aliphatic heterocycles. The summed E-state index contributed by atoms with van der Waals surface area (Å²) in [5.74, 6) is -0.467. The van der Waals surface area contributed by atoms with Crippen LogP contribution in [0.3, 0.4) is 0 Å². The molecule has 1 rings (SSSR count). The second kappa shape index (κ2) is 4.77. The molecule has 1 saturated carbocycles. The van der Waals surface area contributed by atoms with Gasteiger partial charge in [0.1, 0.15) is 11.7 Å². The van der Waals surface area contributed by atoms with E-state index in [0.29, 0.717) is 19.4 Å². The normalized spacial score (nSPS) is 32.4. The fourth-order valence-corrected chi connectivity index (χ4v) is 1.47. The molecule has 0 spiro atoms. The SMILES string of the molecule is CCOC(=O)C1(N)CCC(F)C1.Cl. The van der Waals surface area contributed by atoms with Gasteiger partial charge in [0, 0.05) is 6.42 Å². The Morgan fingerprint density at radius 3 is 2.77 bits per heavy atom. The number of hydrogen-bond acceptors (Lipinski definition) is 3. The summed E-state index contributed by atoms with van der Waals surface area (Å²) < 4.78 is 17.5. The van der Waals surface area contributed by atoms with Gasteiger partial charge in [0.05, 0.1) is 6.61 Å². The van der Waals surface area contributed by atoms with E-state index in [1.54, 1.807) is 6.92 Å². The topological polar surface area (TPSA) is 52.3 Å². The van der Waals surface area contributed by atoms with E-state index in [1.807, 2.05) is 0 Å². The molecule has 1 aliphatic rings. The van der Waals surface area contributed by atoms with Crippen LogP contribution >= 0.6 is 12.4 Å². The van der Waals surface area contributed by atoms with Crippen LogP contribution in [0.1, 0.15) is 26.2 Å². The largest absolute Gasteiger partial charge is 0.465 e. The summed E-state index contributed by atoms with van der Waals surface area (Å²) in [7, 11) is 0. The highest BCUT2D eigenvalue weighted by atomic mass is 35.5. The Hall–Kier alpha value is -0.350. The Morgan fingerprint density at radius 1 is 1.77 bits per heavy atom. The smallest absolute Gasteiger partial charge is 0.326 e. The number of ether oxygens (including phenoxy) is 1. The molecule has 1 aliphatic carbocycles. The number of hydrogen-bond donors (Lipinski definition) is 1. The van der Waals surface area contributed by atoms with Crippen LogP contribution in [-0.4, -0.2) is 24.3 Å². The Bertz CT molecular complexity index is 191. The van der Waals surface area contributed by atoms with Crippen LogP contribution < -0.4 is 5.73 Å². The monoisotopic (exact) mass is 211 g/mol. The molecular weight excluding hydrogens is 197 g/mol. The Morgan fingerprint density at radius 2 is 2.38 bits per heavy atom. The van der Waals surface area contributed by atoms with E-state index in [9.17, 15) is 9.18 Å². The third-order valence-corrected chi connectivity index (χ3v) is 2.17. The number of carbonyl (C=O) groups excluding carboxylic acids is 1. The fraction of sp³-hybridized carbons (Fsp3) is 0.875. The van der Waals surface area contributed by atoms with E-state index in [4.69, 9.17) is 10.5 Å². The average molecular weight is 212 g/mol. The van der Waals surface area contributed by atoms with Gasteiger partial charge in [-0.15, -0.1) is 12.4 Å². The number of rotatable bonds is 2. The van der Waals surface area contributed by atoms with Gasteiger partial charge < -0.3 is 10.5 Å². The summed E-state index contributed by atoms with van der Waals surface area (Å²) in [4.78, 5) is 11.2. The lowest BCUT2D eigenvalue weighted by Crippen LogP contribution is -2.46. The second-order valence-electron chi connectivity index (χ2n) is 3.22. The molecule has 0 saturated heterocycles. The van der Waals surface area contributed by atoms with Crippen LogP contribution in [0, 0.1) is 0 Å². The molecule has 1 fully saturated rings. The maximum Gasteiger partial charge on any atom is 0.326 e. The average Bonchev–Trinajstić information content (AvgIpc) is 2.33. The van der Waals surface area contributed by atoms with Crippen molar-refractivity contribution >= 4 is 18.4 Å². The minimum absolute atomic E-state index is 0. The van der Waals surface area contributed by atoms with E-state index in [-0.39, 0.29) is 18.8 Å². The first kappa shape index (κ1) is 12.7. The summed E-state index contributed by atoms with van der Waals surface area (Å²) in [5, 5.41) is 0. The van der Waals surface area contributed by atoms with Crippen molar-refractivity contribution in [2.75, 3.05) is 6.61 Å². The Kier molecular flexibility index (Phi) is 4.64. The van der Waals surface area contributed by atoms with Gasteiger partial charge in [0.15, 0.2) is 0 Å². The zero-order valence-corrected chi connectivity index (χ0v) is 8.40. The molecule has 0 radical (unpaired) electrons. The van der Waals surface area contributed by atoms with Crippen molar-refractivity contribution in [2.24, 2.45) is 5.73 Å². The number of nitrogens with two attached hydrogens (primary N) is 1. The van der Waals surface area contributed by atoms with E-state index >= 15 is 0 Å². The van der Waals surface area contributed by atoms with Crippen molar-refractivity contribution in [1.29, 1.82) is 0 Å². The highest BCUT2D eigenvalue weighted by Crippen LogP contribution is 2.30. The van der Waals surface area contributed by atoms with Crippen molar-refractivity contribution in [1.82, 2.24) is 0 Å². The third kappa shape index (κ3) is 2.81. The third-order valence-electron chi connectivity index (χ3n) is 2.17. The lowest BCUT2D eigenvalue weighted by molar-refractivity contribution is -0.149. The van der Waals surface area contributed by atoms with E-state index < -0.39 is 17.7 Å². The lowest BCUT2D eigenvalue weighted by Gasteiger charge is -2.20. The molecule has 5 heteroatoms. The molecule has 78 valence electrons. The molecule has 0 aromatic carbocycles. The molecule has 0 amide bonds. The minimum Gasteiger partial charge on any atom is -0.465 e. The standard InChI is InChI=1S/C8H14FNO2.ClH/c1-2-12-7(11)8(10)4-3-6(9)5-8;/h6H,2-5,10H2,1H3;1H. The van der Waals surface area contributed by atoms with Crippen molar-refractivity contribution < 1.29 is 13.9 Å². The summed E-state index contributed by atoms with van der Waals surface area (Å²) in [6.45, 7) is 2.01. The van der Waals surface area contributed by atoms with Crippen LogP contribution in [0.5, 0.6) is 0 Å². The molecule has 2 unspecified atom stereocenters. The summed E-state index contributed by atoms with van der Waals surface area (Å²) in [6, 6.07) is 0. The molecule has 13 heavy (non-hydrogen) atoms. The molecular formula is C8H15ClFNO2. The van der Waals surface area contributed by atoms with Crippen LogP contribution in [0.25, 0.3) is 0 Å². The summed E-state index contributed by atoms with van der Waals surface area (Å²) >= 11 is 0. The molecule has 2 N–H and O–H groups in total. The van der Waals surface area contributed by atoms with Gasteiger partial charge in [0.25, 0.3) is 0 Å². The van der Waals surface area contributed by atoms with Crippen molar-refractivity contribution in [3.63, 3.8) is 0 Å². The van der Waals surface area contributed by atoms with Gasteiger partial charge in [-0.2, -0.15) is 0 Å². The molecule has 0 heterocycles. The maximum absolute atomic E-state index is 12.7. The van der Waals surface area contributed by atoms with Crippen molar-refractivity contribution in [3.05, 3.63) is 0 Å². The first-order valence-electron chi connectivity index (χ1n) is 4.18. The van der Waals surface area contributed by atoms with Crippen LogP contribution in [0.2, 0.25) is 0 Å². The predicted octanol–water partition coefficient (Wildman–Crippen LogP) is 1.19. The fourth-order valence-electron chi connectivity index (χ4n) is 1.47. The molecule has 3 nitrogen and oxygen atoms in total. The van der Waals surface area contributed by atoms with Gasteiger partial charge >= 0.3 is 5.97 Å². The molecule has 2 atom stereocenters. The summed E-state index contributed by atoms with van der Waals surface area (Å²) in [6.07, 6.45) is -0.0758. The summed E-state index contributed by atoms with van der Waals surface area (Å²) in [5.41, 5.74) is 4.60. The number of halogens is 2. The highest BCUT2D eigenvalue weighted by Gasteiger charge is 2.43. The number of esters is 1. The van der Waals surface area contributed by atoms with Gasteiger partial charge in [-0.05, 0) is 19.8 Å². The highest BCUT2D eigenvalue weighted by molar-refractivity contribution is 5.85. The first-order chi connectivity index (χ1) is 5.58. The van der Waals surface area contributed by atoms with E-state index in [1.165, 1.54) is 0 Å². The maximum atomic E-state index is 12.7. The van der Waals surface area contributed by atoms with Gasteiger partial charge in [-0.1, -0.05) is 0 Å². The van der Waals surface area contributed by atoms with Gasteiger partial charge in [0.2, 0.25) is 0 Å². The Labute approximate surface area is 83.2 Å². The molecule has 0 aromatic rings. The van der Waals surface area contributed by atoms with E-state index in [2.05, 4.69) is 0 Å². The number of carbonyl (C=O) groups is 1. The van der Waals surface area contributed by atoms with Gasteiger partial charge in [-0.25, -0.2) is 4.39 Å². The molecule has 0 bridgehead atoms. The van der Waals surface area contributed by atoms with Crippen molar-refractivity contribution in [2.45, 2.75) is 37.9 Å². The van der Waals surface area contributed by atoms with Gasteiger partial charge in [-0.3, -0.25) is 4.79 Å². The lowest BCUT2D eigenvalue weighted by atomic mass is 10.00. The van der Waals surface area contributed by atoms with Crippen LogP contribution in [0.4, 0.5) is 4.39 Å². The molecule has 0 aromatic heterocycles. The predicted molar refractivity (Wildman–Crippen MR) is 49.5 cm³/mol. The van der Waals surface area contributed by atoms with E-state index in [0.717, 1.165) is 0 Å². The van der Waals surface area contributed by atoms with Crippen molar-refractivity contribution in [3.8, 4) is 0 Å². The second-order valence-corrected chi connectivity index (χ2v) is 3.22. The first-order valence-corrected chi connectivity index (χ1v) is 4.18. The number of alkyl halides is 1.